The van der Waals surface area contributed by atoms with Crippen LogP contribution in [0.5, 0.6) is 0 Å². The van der Waals surface area contributed by atoms with Crippen LogP contribution < -0.4 is 5.32 Å². The second-order valence-electron chi connectivity index (χ2n) is 5.19. The van der Waals surface area contributed by atoms with Gasteiger partial charge in [0.25, 0.3) is 0 Å². The number of carbonyl (C=O) groups is 1. The molecule has 1 N–H and O–H groups in total. The molecule has 0 spiro atoms. The van der Waals surface area contributed by atoms with Gasteiger partial charge in [0.15, 0.2) is 5.82 Å². The Kier molecular flexibility index (Phi) is 5.85. The Morgan fingerprint density at radius 2 is 2.25 bits per heavy atom. The van der Waals surface area contributed by atoms with Crippen LogP contribution in [0.25, 0.3) is 0 Å². The first kappa shape index (κ1) is 15.3. The molecule has 0 unspecified atom stereocenters. The highest BCUT2D eigenvalue weighted by Gasteiger charge is 2.14. The van der Waals surface area contributed by atoms with Gasteiger partial charge in [0, 0.05) is 19.3 Å². The average Bonchev–Trinajstić information content (AvgIpc) is 3.05. The van der Waals surface area contributed by atoms with Crippen LogP contribution in [0.1, 0.15) is 31.6 Å². The Bertz CT molecular complexity index is 430. The lowest BCUT2D eigenvalue weighted by molar-refractivity contribution is -0.119. The van der Waals surface area contributed by atoms with Crippen molar-refractivity contribution in [1.82, 2.24) is 25.0 Å². The second-order valence-corrected chi connectivity index (χ2v) is 6.30. The van der Waals surface area contributed by atoms with Gasteiger partial charge in [0.1, 0.15) is 6.33 Å². The van der Waals surface area contributed by atoms with Crippen molar-refractivity contribution in [3.8, 4) is 0 Å². The Morgan fingerprint density at radius 1 is 1.50 bits per heavy atom. The molecule has 0 aromatic carbocycles. The summed E-state index contributed by atoms with van der Waals surface area (Å²) >= 11 is 1.70. The van der Waals surface area contributed by atoms with Gasteiger partial charge in [-0.2, -0.15) is 11.8 Å². The molecule has 1 atom stereocenters. The van der Waals surface area contributed by atoms with Crippen LogP contribution in [0.4, 0.5) is 0 Å². The first-order chi connectivity index (χ1) is 9.66. The average molecular weight is 297 g/mol. The molecule has 2 heterocycles. The molecule has 2 rings (SSSR count). The number of thioether (sulfide) groups is 1. The number of hydrogen-bond acceptors (Lipinski definition) is 5. The highest BCUT2D eigenvalue weighted by Crippen LogP contribution is 2.10. The Balaban J connectivity index is 1.61. The quantitative estimate of drug-likeness (QED) is 0.755. The number of aryl methyl sites for hydroxylation is 1. The van der Waals surface area contributed by atoms with E-state index < -0.39 is 0 Å². The van der Waals surface area contributed by atoms with E-state index in [9.17, 15) is 4.79 Å². The molecule has 1 saturated heterocycles. The lowest BCUT2D eigenvalue weighted by Gasteiger charge is -2.15. The summed E-state index contributed by atoms with van der Waals surface area (Å²) in [6.07, 6.45) is 4.28. The number of carbonyl (C=O) groups excluding carboxylic acids is 1. The fourth-order valence-corrected chi connectivity index (χ4v) is 3.20. The molecule has 20 heavy (non-hydrogen) atoms. The minimum Gasteiger partial charge on any atom is -0.346 e. The summed E-state index contributed by atoms with van der Waals surface area (Å²) in [4.78, 5) is 14.3. The van der Waals surface area contributed by atoms with E-state index in [1.54, 1.807) is 18.1 Å². The van der Waals surface area contributed by atoms with E-state index in [2.05, 4.69) is 20.4 Å². The Morgan fingerprint density at radius 3 is 2.90 bits per heavy atom. The minimum absolute atomic E-state index is 0.0620. The zero-order valence-corrected chi connectivity index (χ0v) is 13.0. The van der Waals surface area contributed by atoms with Gasteiger partial charge in [0.2, 0.25) is 5.91 Å². The number of nitrogens with one attached hydrogen (secondary N) is 1. The Labute approximate surface area is 124 Å². The molecule has 6 nitrogen and oxygen atoms in total. The number of likely N-dealkylation sites (tertiary alicyclic amines) is 1. The van der Waals surface area contributed by atoms with Crippen molar-refractivity contribution in [2.24, 2.45) is 7.05 Å². The van der Waals surface area contributed by atoms with E-state index in [0.717, 1.165) is 18.1 Å². The topological polar surface area (TPSA) is 63.1 Å². The summed E-state index contributed by atoms with van der Waals surface area (Å²) in [6.45, 7) is 5.46. The number of amides is 1. The highest BCUT2D eigenvalue weighted by molar-refractivity contribution is 7.99. The Hall–Kier alpha value is -1.08. The number of nitrogens with zero attached hydrogens (tertiary/aromatic N) is 4. The van der Waals surface area contributed by atoms with Gasteiger partial charge in [0.05, 0.1) is 11.8 Å². The van der Waals surface area contributed by atoms with Crippen molar-refractivity contribution in [2.75, 3.05) is 31.1 Å². The molecule has 0 radical (unpaired) electrons. The first-order valence-electron chi connectivity index (χ1n) is 7.10. The SMILES string of the molecule is C[C@@H](NC(=O)CSCCN1CCCC1)c1nncn1C. The highest BCUT2D eigenvalue weighted by atomic mass is 32.2. The summed E-state index contributed by atoms with van der Waals surface area (Å²) in [5, 5.41) is 10.8. The van der Waals surface area contributed by atoms with Crippen molar-refractivity contribution in [2.45, 2.75) is 25.8 Å². The lowest BCUT2D eigenvalue weighted by Crippen LogP contribution is -2.30. The molecule has 1 aromatic rings. The number of rotatable bonds is 7. The maximum atomic E-state index is 11.9. The predicted octanol–water partition coefficient (Wildman–Crippen LogP) is 0.821. The molecule has 1 amide bonds. The van der Waals surface area contributed by atoms with E-state index in [4.69, 9.17) is 0 Å². The number of aromatic nitrogens is 3. The third-order valence-corrected chi connectivity index (χ3v) is 4.43. The lowest BCUT2D eigenvalue weighted by atomic mass is 10.3. The maximum absolute atomic E-state index is 11.9. The molecular weight excluding hydrogens is 274 g/mol. The monoisotopic (exact) mass is 297 g/mol. The molecular formula is C13H23N5OS. The van der Waals surface area contributed by atoms with Gasteiger partial charge in [-0.1, -0.05) is 0 Å². The molecule has 1 aliphatic heterocycles. The molecule has 1 fully saturated rings. The van der Waals surface area contributed by atoms with Crippen LogP contribution in [0.15, 0.2) is 6.33 Å². The third kappa shape index (κ3) is 4.49. The van der Waals surface area contributed by atoms with Crippen LogP contribution in [0.2, 0.25) is 0 Å². The second kappa shape index (κ2) is 7.64. The van der Waals surface area contributed by atoms with Gasteiger partial charge >= 0.3 is 0 Å². The zero-order chi connectivity index (χ0) is 14.4. The van der Waals surface area contributed by atoms with Crippen molar-refractivity contribution in [1.29, 1.82) is 0 Å². The maximum Gasteiger partial charge on any atom is 0.230 e. The van der Waals surface area contributed by atoms with Crippen LogP contribution in [0, 0.1) is 0 Å². The van der Waals surface area contributed by atoms with Crippen molar-refractivity contribution in [3.63, 3.8) is 0 Å². The summed E-state index contributed by atoms with van der Waals surface area (Å²) in [6, 6.07) is -0.103. The van der Waals surface area contributed by atoms with Gasteiger partial charge < -0.3 is 14.8 Å². The smallest absolute Gasteiger partial charge is 0.230 e. The molecule has 7 heteroatoms. The standard InChI is InChI=1S/C13H23N5OS/c1-11(13-16-14-10-17(13)2)15-12(19)9-20-8-7-18-5-3-4-6-18/h10-11H,3-9H2,1-2H3,(H,15,19)/t11-/m1/s1. The summed E-state index contributed by atoms with van der Waals surface area (Å²) in [5.41, 5.74) is 0. The van der Waals surface area contributed by atoms with Crippen LogP contribution in [-0.4, -0.2) is 56.7 Å². The molecule has 0 saturated carbocycles. The summed E-state index contributed by atoms with van der Waals surface area (Å²) in [7, 11) is 1.88. The number of hydrogen-bond donors (Lipinski definition) is 1. The van der Waals surface area contributed by atoms with Crippen LogP contribution in [0.3, 0.4) is 0 Å². The molecule has 1 aliphatic rings. The first-order valence-corrected chi connectivity index (χ1v) is 8.25. The van der Waals surface area contributed by atoms with Crippen molar-refractivity contribution >= 4 is 17.7 Å². The van der Waals surface area contributed by atoms with Gasteiger partial charge in [-0.05, 0) is 32.9 Å². The van der Waals surface area contributed by atoms with Gasteiger partial charge in [-0.3, -0.25) is 4.79 Å². The molecule has 0 aliphatic carbocycles. The third-order valence-electron chi connectivity index (χ3n) is 3.49. The van der Waals surface area contributed by atoms with E-state index >= 15 is 0 Å². The zero-order valence-electron chi connectivity index (χ0n) is 12.2. The fraction of sp³-hybridized carbons (Fsp3) is 0.769. The van der Waals surface area contributed by atoms with Gasteiger partial charge in [-0.15, -0.1) is 10.2 Å². The van der Waals surface area contributed by atoms with E-state index in [0.29, 0.717) is 5.75 Å². The fourth-order valence-electron chi connectivity index (χ4n) is 2.40. The van der Waals surface area contributed by atoms with E-state index in [1.807, 2.05) is 18.5 Å². The molecule has 1 aromatic heterocycles. The minimum atomic E-state index is -0.103. The van der Waals surface area contributed by atoms with Crippen molar-refractivity contribution in [3.05, 3.63) is 12.2 Å². The predicted molar refractivity (Wildman–Crippen MR) is 80.6 cm³/mol. The van der Waals surface area contributed by atoms with Gasteiger partial charge in [-0.25, -0.2) is 0 Å². The van der Waals surface area contributed by atoms with E-state index in [-0.39, 0.29) is 11.9 Å². The van der Waals surface area contributed by atoms with Crippen molar-refractivity contribution < 1.29 is 4.79 Å². The molecule has 0 bridgehead atoms. The van der Waals surface area contributed by atoms with Crippen LogP contribution >= 0.6 is 11.8 Å². The largest absolute Gasteiger partial charge is 0.346 e. The van der Waals surface area contributed by atoms with E-state index in [1.165, 1.54) is 25.9 Å². The summed E-state index contributed by atoms with van der Waals surface area (Å²) < 4.78 is 1.82. The summed E-state index contributed by atoms with van der Waals surface area (Å²) in [5.74, 6) is 2.37. The normalized spacial score (nSPS) is 17.3. The van der Waals surface area contributed by atoms with Crippen LogP contribution in [-0.2, 0) is 11.8 Å². The molecule has 112 valence electrons.